The molecule has 0 heterocycles. The quantitative estimate of drug-likeness (QED) is 0.620. The number of hydrogen-bond acceptors (Lipinski definition) is 7. The van der Waals surface area contributed by atoms with Gasteiger partial charge in [0.05, 0.1) is 5.56 Å². The van der Waals surface area contributed by atoms with Crippen molar-refractivity contribution in [3.8, 4) is 35.8 Å². The van der Waals surface area contributed by atoms with Crippen molar-refractivity contribution >= 4 is 11.5 Å². The minimum absolute atomic E-state index is 0.0327. The van der Waals surface area contributed by atoms with Crippen LogP contribution in [0.15, 0.2) is 59.7 Å². The third-order valence-electron chi connectivity index (χ3n) is 3.40. The van der Waals surface area contributed by atoms with Gasteiger partial charge < -0.3 is 14.9 Å². The minimum Gasteiger partial charge on any atom is -0.505 e. The smallest absolute Gasteiger partial charge is 0.171 e. The largest absolute Gasteiger partial charge is 0.505 e. The summed E-state index contributed by atoms with van der Waals surface area (Å²) in [7, 11) is 0. The third kappa shape index (κ3) is 4.03. The Bertz CT molecular complexity index is 1070. The molecule has 128 valence electrons. The van der Waals surface area contributed by atoms with Crippen molar-refractivity contribution in [1.82, 2.24) is 0 Å². The van der Waals surface area contributed by atoms with Gasteiger partial charge in [0.2, 0.25) is 0 Å². The average Bonchev–Trinajstić information content (AvgIpc) is 2.70. The lowest BCUT2D eigenvalue weighted by Gasteiger charge is -2.13. The molecule has 0 saturated heterocycles. The highest BCUT2D eigenvalue weighted by molar-refractivity contribution is 5.78. The van der Waals surface area contributed by atoms with E-state index in [4.69, 9.17) is 25.8 Å². The van der Waals surface area contributed by atoms with E-state index in [1.165, 1.54) is 18.2 Å². The molecule has 0 fully saturated rings. The molecule has 2 rings (SSSR count). The number of aliphatic hydroxyl groups is 2. The van der Waals surface area contributed by atoms with Gasteiger partial charge in [0.1, 0.15) is 35.8 Å². The van der Waals surface area contributed by atoms with Crippen molar-refractivity contribution in [2.24, 2.45) is 0 Å². The van der Waals surface area contributed by atoms with E-state index in [0.29, 0.717) is 5.75 Å². The molecule has 0 atom stereocenters. The first-order valence-electron chi connectivity index (χ1n) is 7.40. The Morgan fingerprint density at radius 1 is 0.741 bits per heavy atom. The van der Waals surface area contributed by atoms with Crippen LogP contribution in [0, 0.1) is 45.3 Å². The predicted molar refractivity (Wildman–Crippen MR) is 94.5 cm³/mol. The lowest BCUT2D eigenvalue weighted by Crippen LogP contribution is -1.97. The van der Waals surface area contributed by atoms with Crippen LogP contribution in [-0.2, 0) is 0 Å². The molecular weight excluding hydrogens is 344 g/mol. The van der Waals surface area contributed by atoms with E-state index in [1.807, 2.05) is 0 Å². The Kier molecular flexibility index (Phi) is 5.79. The van der Waals surface area contributed by atoms with Crippen molar-refractivity contribution in [3.05, 3.63) is 70.8 Å². The van der Waals surface area contributed by atoms with E-state index in [9.17, 15) is 10.2 Å². The van der Waals surface area contributed by atoms with Crippen LogP contribution in [-0.4, -0.2) is 10.2 Å². The summed E-state index contributed by atoms with van der Waals surface area (Å²) in [5.41, 5.74) is -1.11. The number of ether oxygens (including phenoxy) is 1. The van der Waals surface area contributed by atoms with Crippen molar-refractivity contribution in [2.75, 3.05) is 0 Å². The van der Waals surface area contributed by atoms with Crippen molar-refractivity contribution < 1.29 is 14.9 Å². The SMILES string of the molecule is N#CC(C#N)=C(O)c1ccc(Oc2ccccc2)c(C(O)=C(C#N)C#N)c1. The Hall–Kier alpha value is -4.72. The second kappa shape index (κ2) is 8.40. The number of rotatable bonds is 4. The monoisotopic (exact) mass is 354 g/mol. The molecule has 0 radical (unpaired) electrons. The molecule has 2 aromatic carbocycles. The molecule has 0 aliphatic rings. The van der Waals surface area contributed by atoms with Gasteiger partial charge in [-0.05, 0) is 30.3 Å². The number of nitriles is 4. The Morgan fingerprint density at radius 3 is 1.85 bits per heavy atom. The average molecular weight is 354 g/mol. The van der Waals surface area contributed by atoms with Crippen LogP contribution < -0.4 is 4.74 Å². The summed E-state index contributed by atoms with van der Waals surface area (Å²) in [6, 6.07) is 18.8. The van der Waals surface area contributed by atoms with E-state index >= 15 is 0 Å². The molecule has 0 aromatic heterocycles. The van der Waals surface area contributed by atoms with Crippen LogP contribution in [0.5, 0.6) is 11.5 Å². The van der Waals surface area contributed by atoms with Crippen LogP contribution >= 0.6 is 0 Å². The second-order valence-electron chi connectivity index (χ2n) is 5.02. The zero-order valence-electron chi connectivity index (χ0n) is 13.7. The normalized spacial score (nSPS) is 8.89. The Labute approximate surface area is 154 Å². The third-order valence-corrected chi connectivity index (χ3v) is 3.40. The number of allylic oxidation sites excluding steroid dienone is 2. The van der Waals surface area contributed by atoms with Gasteiger partial charge in [-0.25, -0.2) is 0 Å². The first-order valence-corrected chi connectivity index (χ1v) is 7.40. The van der Waals surface area contributed by atoms with Crippen LogP contribution in [0.4, 0.5) is 0 Å². The highest BCUT2D eigenvalue weighted by Crippen LogP contribution is 2.33. The van der Waals surface area contributed by atoms with E-state index in [2.05, 4.69) is 0 Å². The first kappa shape index (κ1) is 18.6. The molecule has 0 saturated carbocycles. The fraction of sp³-hybridized carbons (Fsp3) is 0. The van der Waals surface area contributed by atoms with E-state index in [0.717, 1.165) is 0 Å². The first-order chi connectivity index (χ1) is 13.0. The van der Waals surface area contributed by atoms with E-state index in [-0.39, 0.29) is 16.9 Å². The van der Waals surface area contributed by atoms with Crippen molar-refractivity contribution in [2.45, 2.75) is 0 Å². The van der Waals surface area contributed by atoms with Crippen LogP contribution in [0.2, 0.25) is 0 Å². The minimum atomic E-state index is -0.656. The number of aliphatic hydroxyl groups excluding tert-OH is 2. The molecule has 2 N–H and O–H groups in total. The number of benzene rings is 2. The summed E-state index contributed by atoms with van der Waals surface area (Å²) >= 11 is 0. The van der Waals surface area contributed by atoms with E-state index < -0.39 is 22.7 Å². The zero-order valence-corrected chi connectivity index (χ0v) is 13.7. The summed E-state index contributed by atoms with van der Waals surface area (Å²) in [5.74, 6) is -0.718. The number of nitrogens with zero attached hydrogens (tertiary/aromatic N) is 4. The van der Waals surface area contributed by atoms with Gasteiger partial charge in [-0.3, -0.25) is 0 Å². The van der Waals surface area contributed by atoms with E-state index in [1.54, 1.807) is 54.6 Å². The molecule has 0 spiro atoms. The molecule has 0 aliphatic carbocycles. The summed E-state index contributed by atoms with van der Waals surface area (Å²) in [6.07, 6.45) is 0. The summed E-state index contributed by atoms with van der Waals surface area (Å²) in [5, 5.41) is 56.2. The Balaban J connectivity index is 2.70. The molecular formula is C20H10N4O3. The molecule has 0 aliphatic heterocycles. The van der Waals surface area contributed by atoms with Gasteiger partial charge in [0.15, 0.2) is 22.7 Å². The highest BCUT2D eigenvalue weighted by Gasteiger charge is 2.17. The summed E-state index contributed by atoms with van der Waals surface area (Å²) in [4.78, 5) is 0. The molecule has 7 heteroatoms. The second-order valence-corrected chi connectivity index (χ2v) is 5.02. The van der Waals surface area contributed by atoms with Gasteiger partial charge >= 0.3 is 0 Å². The van der Waals surface area contributed by atoms with Crippen LogP contribution in [0.25, 0.3) is 11.5 Å². The van der Waals surface area contributed by atoms with Crippen molar-refractivity contribution in [1.29, 1.82) is 21.0 Å². The predicted octanol–water partition coefficient (Wildman–Crippen LogP) is 4.11. The molecule has 7 nitrogen and oxygen atoms in total. The lowest BCUT2D eigenvalue weighted by molar-refractivity contribution is 0.466. The fourth-order valence-electron chi connectivity index (χ4n) is 2.11. The Morgan fingerprint density at radius 2 is 1.30 bits per heavy atom. The fourth-order valence-corrected chi connectivity index (χ4v) is 2.11. The maximum Gasteiger partial charge on any atom is 0.171 e. The summed E-state index contributed by atoms with van der Waals surface area (Å²) in [6.45, 7) is 0. The standard InChI is InChI=1S/C20H10N4O3/c21-9-14(10-22)19(25)13-6-7-18(27-16-4-2-1-3-5-16)17(8-13)20(26)15(11-23)12-24/h1-8,25-26H. The number of para-hydroxylation sites is 1. The van der Waals surface area contributed by atoms with Gasteiger partial charge in [0, 0.05) is 5.56 Å². The highest BCUT2D eigenvalue weighted by atomic mass is 16.5. The molecule has 27 heavy (non-hydrogen) atoms. The topological polar surface area (TPSA) is 145 Å². The maximum atomic E-state index is 10.3. The summed E-state index contributed by atoms with van der Waals surface area (Å²) < 4.78 is 5.68. The van der Waals surface area contributed by atoms with Crippen LogP contribution in [0.3, 0.4) is 0 Å². The number of hydrogen-bond donors (Lipinski definition) is 2. The zero-order chi connectivity index (χ0) is 19.8. The molecule has 0 unspecified atom stereocenters. The van der Waals surface area contributed by atoms with Gasteiger partial charge in [-0.15, -0.1) is 0 Å². The van der Waals surface area contributed by atoms with Crippen molar-refractivity contribution in [3.63, 3.8) is 0 Å². The molecule has 2 aromatic rings. The van der Waals surface area contributed by atoms with Gasteiger partial charge in [-0.1, -0.05) is 18.2 Å². The lowest BCUT2D eigenvalue weighted by atomic mass is 10.0. The maximum absolute atomic E-state index is 10.3. The van der Waals surface area contributed by atoms with Crippen LogP contribution in [0.1, 0.15) is 11.1 Å². The molecule has 0 amide bonds. The van der Waals surface area contributed by atoms with Gasteiger partial charge in [0.25, 0.3) is 0 Å². The molecule has 0 bridgehead atoms. The van der Waals surface area contributed by atoms with Gasteiger partial charge in [-0.2, -0.15) is 21.0 Å².